The number of aryl methyl sites for hydroxylation is 1. The highest BCUT2D eigenvalue weighted by Gasteiger charge is 2.47. The third kappa shape index (κ3) is 3.43. The monoisotopic (exact) mass is 416 g/mol. The molecule has 1 amide bonds. The molecule has 3 N–H and O–H groups in total. The van der Waals surface area contributed by atoms with Crippen molar-refractivity contribution >= 4 is 23.2 Å². The van der Waals surface area contributed by atoms with Crippen LogP contribution in [0.4, 0.5) is 17.3 Å². The Morgan fingerprint density at radius 2 is 1.90 bits per heavy atom. The molecule has 1 aliphatic heterocycles. The van der Waals surface area contributed by atoms with Gasteiger partial charge in [-0.3, -0.25) is 4.79 Å². The van der Waals surface area contributed by atoms with Crippen molar-refractivity contribution in [2.45, 2.75) is 44.6 Å². The molecule has 5 rings (SSSR count). The van der Waals surface area contributed by atoms with Crippen LogP contribution in [0.2, 0.25) is 0 Å². The second-order valence-corrected chi connectivity index (χ2v) is 8.18. The van der Waals surface area contributed by atoms with Gasteiger partial charge in [0, 0.05) is 11.8 Å². The van der Waals surface area contributed by atoms with Gasteiger partial charge in [-0.15, -0.1) is 0 Å². The van der Waals surface area contributed by atoms with E-state index in [4.69, 9.17) is 0 Å². The van der Waals surface area contributed by atoms with Crippen LogP contribution in [0, 0.1) is 6.92 Å². The van der Waals surface area contributed by atoms with E-state index >= 15 is 0 Å². The smallest absolute Gasteiger partial charge is 0.254 e. The molecule has 1 spiro atoms. The van der Waals surface area contributed by atoms with Crippen molar-refractivity contribution in [2.75, 3.05) is 5.32 Å². The molecule has 8 heteroatoms. The maximum Gasteiger partial charge on any atom is 0.254 e. The molecular weight excluding hydrogens is 392 g/mol. The van der Waals surface area contributed by atoms with Gasteiger partial charge in [0.05, 0.1) is 16.8 Å². The van der Waals surface area contributed by atoms with Crippen molar-refractivity contribution in [3.63, 3.8) is 0 Å². The Hall–Kier alpha value is -3.68. The summed E-state index contributed by atoms with van der Waals surface area (Å²) in [5.41, 5.74) is 2.67. The van der Waals surface area contributed by atoms with Gasteiger partial charge in [0.1, 0.15) is 12.1 Å². The first-order valence-electron chi connectivity index (χ1n) is 10.5. The van der Waals surface area contributed by atoms with Crippen LogP contribution in [0.25, 0.3) is 0 Å². The number of carbonyl (C=O) groups is 1. The summed E-state index contributed by atoms with van der Waals surface area (Å²) in [6.07, 6.45) is 6.22. The number of nitrogens with zero attached hydrogens (tertiary/aromatic N) is 4. The van der Waals surface area contributed by atoms with Crippen LogP contribution in [-0.4, -0.2) is 25.8 Å². The number of para-hydroxylation sites is 1. The fourth-order valence-corrected chi connectivity index (χ4v) is 4.66. The van der Waals surface area contributed by atoms with Crippen molar-refractivity contribution in [3.05, 3.63) is 71.1 Å². The summed E-state index contributed by atoms with van der Waals surface area (Å²) in [6, 6.07) is 13.1. The number of pyridine rings is 1. The van der Waals surface area contributed by atoms with Gasteiger partial charge in [-0.1, -0.05) is 37.5 Å². The van der Waals surface area contributed by atoms with Crippen LogP contribution in [0.3, 0.4) is 0 Å². The fraction of sp³-hybridized carbons (Fsp3) is 0.304. The molecule has 0 saturated heterocycles. The molecule has 0 unspecified atom stereocenters. The van der Waals surface area contributed by atoms with Gasteiger partial charge in [-0.2, -0.15) is 4.73 Å². The zero-order chi connectivity index (χ0) is 21.4. The summed E-state index contributed by atoms with van der Waals surface area (Å²) in [7, 11) is 0. The molecular formula is C23H24N6O2. The number of nitrogens with one attached hydrogen (secondary N) is 2. The third-order valence-corrected chi connectivity index (χ3v) is 6.07. The second-order valence-electron chi connectivity index (χ2n) is 8.18. The van der Waals surface area contributed by atoms with Gasteiger partial charge in [0.2, 0.25) is 0 Å². The predicted octanol–water partition coefficient (Wildman–Crippen LogP) is 3.70. The van der Waals surface area contributed by atoms with E-state index in [9.17, 15) is 10.0 Å². The minimum Gasteiger partial charge on any atom is -0.427 e. The van der Waals surface area contributed by atoms with Crippen molar-refractivity contribution in [2.24, 2.45) is 4.99 Å². The van der Waals surface area contributed by atoms with E-state index in [1.807, 2.05) is 37.3 Å². The Balaban J connectivity index is 1.58. The van der Waals surface area contributed by atoms with E-state index in [-0.39, 0.29) is 5.91 Å². The van der Waals surface area contributed by atoms with Gasteiger partial charge >= 0.3 is 0 Å². The zero-order valence-corrected chi connectivity index (χ0v) is 17.3. The van der Waals surface area contributed by atoms with Crippen LogP contribution >= 0.6 is 0 Å². The second kappa shape index (κ2) is 7.54. The highest BCUT2D eigenvalue weighted by atomic mass is 16.5. The van der Waals surface area contributed by atoms with Crippen LogP contribution in [0.1, 0.15) is 53.7 Å². The molecule has 3 heterocycles. The lowest BCUT2D eigenvalue weighted by molar-refractivity contribution is 0.0892. The Labute approximate surface area is 179 Å². The minimum absolute atomic E-state index is 0.125. The first kappa shape index (κ1) is 19.3. The highest BCUT2D eigenvalue weighted by molar-refractivity contribution is 6.00. The number of hydrogen-bond donors (Lipinski definition) is 3. The van der Waals surface area contributed by atoms with Crippen molar-refractivity contribution in [3.8, 4) is 0 Å². The quantitative estimate of drug-likeness (QED) is 0.565. The van der Waals surface area contributed by atoms with E-state index in [0.717, 1.165) is 48.1 Å². The summed E-state index contributed by atoms with van der Waals surface area (Å²) in [5, 5.41) is 17.5. The maximum atomic E-state index is 12.7. The summed E-state index contributed by atoms with van der Waals surface area (Å²) in [5.74, 6) is 0.883. The summed E-state index contributed by atoms with van der Waals surface area (Å²) >= 11 is 0. The number of benzene rings is 1. The molecule has 158 valence electrons. The molecule has 3 aromatic rings. The normalized spacial score (nSPS) is 17.5. The third-order valence-electron chi connectivity index (χ3n) is 6.07. The molecule has 2 aromatic heterocycles. The van der Waals surface area contributed by atoms with E-state index in [1.54, 1.807) is 12.1 Å². The lowest BCUT2D eigenvalue weighted by Crippen LogP contribution is -2.43. The molecule has 31 heavy (non-hydrogen) atoms. The molecule has 1 fully saturated rings. The number of hydrogen-bond acceptors (Lipinski definition) is 6. The molecule has 1 saturated carbocycles. The zero-order valence-electron chi connectivity index (χ0n) is 17.3. The Morgan fingerprint density at radius 3 is 2.68 bits per heavy atom. The Bertz CT molecular complexity index is 1210. The largest absolute Gasteiger partial charge is 0.427 e. The highest BCUT2D eigenvalue weighted by Crippen LogP contribution is 2.42. The number of aromatic nitrogens is 3. The van der Waals surface area contributed by atoms with Gasteiger partial charge in [0.15, 0.2) is 11.3 Å². The number of fused-ring (bicyclic) bond motifs is 2. The van der Waals surface area contributed by atoms with Crippen LogP contribution in [0.15, 0.2) is 53.8 Å². The van der Waals surface area contributed by atoms with Crippen molar-refractivity contribution in [1.82, 2.24) is 20.0 Å². The van der Waals surface area contributed by atoms with Crippen molar-refractivity contribution < 1.29 is 10.0 Å². The van der Waals surface area contributed by atoms with Gasteiger partial charge in [0.25, 0.3) is 5.91 Å². The Kier molecular flexibility index (Phi) is 4.69. The van der Waals surface area contributed by atoms with Gasteiger partial charge < -0.3 is 15.8 Å². The summed E-state index contributed by atoms with van der Waals surface area (Å²) in [4.78, 5) is 25.8. The van der Waals surface area contributed by atoms with Crippen LogP contribution < -0.4 is 16.1 Å². The Morgan fingerprint density at radius 1 is 1.13 bits per heavy atom. The molecule has 0 atom stereocenters. The molecule has 0 radical (unpaired) electrons. The number of rotatable bonds is 3. The fourth-order valence-electron chi connectivity index (χ4n) is 4.66. The molecule has 1 aliphatic carbocycles. The number of amides is 1. The molecule has 2 aliphatic rings. The van der Waals surface area contributed by atoms with Crippen LogP contribution in [0.5, 0.6) is 0 Å². The van der Waals surface area contributed by atoms with Crippen LogP contribution in [-0.2, 0) is 5.54 Å². The number of anilines is 2. The number of carbonyl (C=O) groups excluding carboxylic acids is 1. The lowest BCUT2D eigenvalue weighted by atomic mass is 9.79. The maximum absolute atomic E-state index is 12.7. The average molecular weight is 416 g/mol. The summed E-state index contributed by atoms with van der Waals surface area (Å²) in [6.45, 7) is 1.88. The SMILES string of the molecule is Cc1cc(=Nc2cc(Nc3ccccc3)ncn2)n(O)c2c1C(=O)NC21CCCCC1. The first-order valence-corrected chi connectivity index (χ1v) is 10.5. The standard InChI is InChI=1S/C23H24N6O2/c1-15-12-19(27-18-13-17(24-14-25-18)26-16-8-4-2-5-9-16)29(31)21-20(15)22(30)28-23(21)10-6-3-7-11-23/h2,4-5,8-9,12-14,31H,3,6-7,10-11H2,1H3,(H,28,30)(H,24,25,26). The minimum atomic E-state index is -0.526. The molecule has 0 bridgehead atoms. The molecule has 1 aromatic carbocycles. The predicted molar refractivity (Wildman–Crippen MR) is 116 cm³/mol. The topological polar surface area (TPSA) is 104 Å². The van der Waals surface area contributed by atoms with E-state index in [1.165, 1.54) is 6.33 Å². The molecule has 8 nitrogen and oxygen atoms in total. The van der Waals surface area contributed by atoms with Gasteiger partial charge in [-0.25, -0.2) is 15.0 Å². The van der Waals surface area contributed by atoms with E-state index < -0.39 is 5.54 Å². The first-order chi connectivity index (χ1) is 15.1. The van der Waals surface area contributed by atoms with E-state index in [0.29, 0.717) is 28.4 Å². The lowest BCUT2D eigenvalue weighted by Gasteiger charge is -2.34. The average Bonchev–Trinajstić information content (AvgIpc) is 3.05. The van der Waals surface area contributed by atoms with E-state index in [2.05, 4.69) is 25.6 Å². The summed E-state index contributed by atoms with van der Waals surface area (Å²) < 4.78 is 1.07. The van der Waals surface area contributed by atoms with Crippen molar-refractivity contribution in [1.29, 1.82) is 0 Å². The van der Waals surface area contributed by atoms with Gasteiger partial charge in [-0.05, 0) is 43.5 Å².